The zero-order chi connectivity index (χ0) is 10.3. The minimum absolute atomic E-state index is 0.0809. The number of carbonyl (C=O) groups excluding carboxylic acids is 2. The third kappa shape index (κ3) is 4.59. The Morgan fingerprint density at radius 2 is 2.00 bits per heavy atom. The van der Waals surface area contributed by atoms with Gasteiger partial charge in [0.25, 0.3) is 5.78 Å². The molecule has 5 nitrogen and oxygen atoms in total. The Kier molecular flexibility index (Phi) is 6.09. The number of nitrogens with two attached hydrogens (primary N) is 1. The summed E-state index contributed by atoms with van der Waals surface area (Å²) in [5.41, 5.74) is 5.34. The number of esters is 1. The van der Waals surface area contributed by atoms with Gasteiger partial charge in [-0.1, -0.05) is 6.92 Å². The van der Waals surface area contributed by atoms with E-state index >= 15 is 0 Å². The number of rotatable bonds is 6. The van der Waals surface area contributed by atoms with Gasteiger partial charge in [-0.2, -0.15) is 0 Å². The number of Topliss-reactive ketones (excluding diaryl/α,β-unsaturated/α-hetero) is 1. The predicted molar refractivity (Wildman–Crippen MR) is 46.1 cm³/mol. The quantitative estimate of drug-likeness (QED) is 0.345. The molecule has 0 rings (SSSR count). The summed E-state index contributed by atoms with van der Waals surface area (Å²) in [5.74, 6) is -1.56. The summed E-state index contributed by atoms with van der Waals surface area (Å²) in [7, 11) is 1.48. The van der Waals surface area contributed by atoms with Gasteiger partial charge in [-0.05, 0) is 6.42 Å². The summed E-state index contributed by atoms with van der Waals surface area (Å²) in [4.78, 5) is 21.9. The van der Waals surface area contributed by atoms with Gasteiger partial charge in [0.05, 0.1) is 12.6 Å². The number of ether oxygens (including phenoxy) is 2. The van der Waals surface area contributed by atoms with Crippen molar-refractivity contribution in [3.05, 3.63) is 0 Å². The van der Waals surface area contributed by atoms with Gasteiger partial charge in [0.15, 0.2) is 0 Å². The second-order valence-corrected chi connectivity index (χ2v) is 2.51. The maximum absolute atomic E-state index is 11.0. The van der Waals surface area contributed by atoms with Crippen molar-refractivity contribution in [2.24, 2.45) is 5.73 Å². The van der Waals surface area contributed by atoms with Crippen molar-refractivity contribution < 1.29 is 19.1 Å². The first kappa shape index (κ1) is 12.1. The van der Waals surface area contributed by atoms with E-state index in [-0.39, 0.29) is 13.2 Å². The Morgan fingerprint density at radius 1 is 1.38 bits per heavy atom. The number of hydrogen-bond acceptors (Lipinski definition) is 5. The second-order valence-electron chi connectivity index (χ2n) is 2.51. The molecule has 0 fully saturated rings. The Bertz CT molecular complexity index is 181. The van der Waals surface area contributed by atoms with Crippen molar-refractivity contribution in [2.75, 3.05) is 20.3 Å². The van der Waals surface area contributed by atoms with Crippen molar-refractivity contribution in [3.63, 3.8) is 0 Å². The lowest BCUT2D eigenvalue weighted by molar-refractivity contribution is -0.155. The van der Waals surface area contributed by atoms with Crippen molar-refractivity contribution >= 4 is 11.8 Å². The van der Waals surface area contributed by atoms with E-state index in [1.807, 2.05) is 0 Å². The van der Waals surface area contributed by atoms with Crippen LogP contribution in [0.1, 0.15) is 13.3 Å². The molecule has 1 unspecified atom stereocenters. The second kappa shape index (κ2) is 6.56. The molecule has 5 heteroatoms. The third-order valence-corrected chi connectivity index (χ3v) is 1.50. The molecule has 0 saturated heterocycles. The SMILES string of the molecule is CCC(N)C(=O)C(=O)OCCOC. The van der Waals surface area contributed by atoms with Crippen molar-refractivity contribution in [1.82, 2.24) is 0 Å². The average Bonchev–Trinajstić information content (AvgIpc) is 2.15. The van der Waals surface area contributed by atoms with Crippen LogP contribution in [0.4, 0.5) is 0 Å². The van der Waals surface area contributed by atoms with E-state index in [9.17, 15) is 9.59 Å². The number of hydrogen-bond donors (Lipinski definition) is 1. The van der Waals surface area contributed by atoms with Crippen LogP contribution in [0, 0.1) is 0 Å². The molecule has 0 aromatic heterocycles. The van der Waals surface area contributed by atoms with E-state index in [2.05, 4.69) is 9.47 Å². The molecular formula is C8H15NO4. The predicted octanol–water partition coefficient (Wildman–Crippen LogP) is -0.518. The molecule has 0 aromatic rings. The first-order chi connectivity index (χ1) is 6.13. The molecule has 0 radical (unpaired) electrons. The summed E-state index contributed by atoms with van der Waals surface area (Å²) in [6.07, 6.45) is 0.429. The lowest BCUT2D eigenvalue weighted by Gasteiger charge is -2.06. The van der Waals surface area contributed by atoms with Crippen molar-refractivity contribution in [3.8, 4) is 0 Å². The lowest BCUT2D eigenvalue weighted by atomic mass is 10.1. The van der Waals surface area contributed by atoms with Gasteiger partial charge in [0.1, 0.15) is 6.61 Å². The Labute approximate surface area is 77.2 Å². The first-order valence-corrected chi connectivity index (χ1v) is 4.09. The highest BCUT2D eigenvalue weighted by atomic mass is 16.6. The van der Waals surface area contributed by atoms with Gasteiger partial charge in [0.2, 0.25) is 0 Å². The van der Waals surface area contributed by atoms with Crippen LogP contribution >= 0.6 is 0 Å². The normalized spacial score (nSPS) is 12.2. The third-order valence-electron chi connectivity index (χ3n) is 1.50. The van der Waals surface area contributed by atoms with Crippen LogP contribution in [-0.4, -0.2) is 38.1 Å². The molecule has 0 aliphatic rings. The molecule has 0 bridgehead atoms. The molecule has 0 aromatic carbocycles. The molecule has 0 amide bonds. The number of methoxy groups -OCH3 is 1. The minimum atomic E-state index is -0.883. The number of ketones is 1. The van der Waals surface area contributed by atoms with E-state index in [0.29, 0.717) is 6.42 Å². The highest BCUT2D eigenvalue weighted by molar-refractivity contribution is 6.35. The van der Waals surface area contributed by atoms with Gasteiger partial charge in [-0.3, -0.25) is 4.79 Å². The first-order valence-electron chi connectivity index (χ1n) is 4.09. The minimum Gasteiger partial charge on any atom is -0.457 e. The fourth-order valence-corrected chi connectivity index (χ4v) is 0.626. The van der Waals surface area contributed by atoms with Crippen LogP contribution in [-0.2, 0) is 19.1 Å². The molecular weight excluding hydrogens is 174 g/mol. The van der Waals surface area contributed by atoms with E-state index < -0.39 is 17.8 Å². The molecule has 0 aliphatic carbocycles. The maximum Gasteiger partial charge on any atom is 0.376 e. The standard InChI is InChI=1S/C8H15NO4/c1-3-6(9)7(10)8(11)13-5-4-12-2/h6H,3-5,9H2,1-2H3. The fraction of sp³-hybridized carbons (Fsp3) is 0.750. The summed E-state index contributed by atoms with van der Waals surface area (Å²) in [6, 6.07) is -0.755. The van der Waals surface area contributed by atoms with Crippen LogP contribution in [0.2, 0.25) is 0 Å². The van der Waals surface area contributed by atoms with E-state index in [4.69, 9.17) is 5.73 Å². The monoisotopic (exact) mass is 189 g/mol. The van der Waals surface area contributed by atoms with E-state index in [1.54, 1.807) is 6.92 Å². The van der Waals surface area contributed by atoms with Crippen LogP contribution in [0.15, 0.2) is 0 Å². The van der Waals surface area contributed by atoms with Crippen LogP contribution < -0.4 is 5.73 Å². The highest BCUT2D eigenvalue weighted by Gasteiger charge is 2.21. The maximum atomic E-state index is 11.0. The summed E-state index contributed by atoms with van der Waals surface area (Å²) in [6.45, 7) is 2.09. The van der Waals surface area contributed by atoms with Gasteiger partial charge in [0, 0.05) is 7.11 Å². The van der Waals surface area contributed by atoms with Crippen molar-refractivity contribution in [1.29, 1.82) is 0 Å². The van der Waals surface area contributed by atoms with E-state index in [0.717, 1.165) is 0 Å². The highest BCUT2D eigenvalue weighted by Crippen LogP contribution is 1.91. The summed E-state index contributed by atoms with van der Waals surface area (Å²) < 4.78 is 9.21. The smallest absolute Gasteiger partial charge is 0.376 e. The Balaban J connectivity index is 3.76. The fourth-order valence-electron chi connectivity index (χ4n) is 0.626. The lowest BCUT2D eigenvalue weighted by Crippen LogP contribution is -2.36. The van der Waals surface area contributed by atoms with Crippen LogP contribution in [0.5, 0.6) is 0 Å². The topological polar surface area (TPSA) is 78.6 Å². The zero-order valence-corrected chi connectivity index (χ0v) is 7.91. The van der Waals surface area contributed by atoms with Gasteiger partial charge in [-0.15, -0.1) is 0 Å². The van der Waals surface area contributed by atoms with Crippen LogP contribution in [0.3, 0.4) is 0 Å². The molecule has 0 heterocycles. The molecule has 2 N–H and O–H groups in total. The average molecular weight is 189 g/mol. The molecule has 0 saturated carbocycles. The number of carbonyl (C=O) groups is 2. The van der Waals surface area contributed by atoms with Gasteiger partial charge >= 0.3 is 5.97 Å². The van der Waals surface area contributed by atoms with Crippen molar-refractivity contribution in [2.45, 2.75) is 19.4 Å². The Morgan fingerprint density at radius 3 is 2.46 bits per heavy atom. The zero-order valence-electron chi connectivity index (χ0n) is 7.91. The van der Waals surface area contributed by atoms with E-state index in [1.165, 1.54) is 7.11 Å². The van der Waals surface area contributed by atoms with Gasteiger partial charge < -0.3 is 15.2 Å². The Hall–Kier alpha value is -0.940. The summed E-state index contributed by atoms with van der Waals surface area (Å²) in [5, 5.41) is 0. The van der Waals surface area contributed by atoms with Gasteiger partial charge in [-0.25, -0.2) is 4.79 Å². The molecule has 13 heavy (non-hydrogen) atoms. The molecule has 0 spiro atoms. The molecule has 0 aliphatic heterocycles. The molecule has 76 valence electrons. The largest absolute Gasteiger partial charge is 0.457 e. The summed E-state index contributed by atoms with van der Waals surface area (Å²) >= 11 is 0. The van der Waals surface area contributed by atoms with Crippen LogP contribution in [0.25, 0.3) is 0 Å². The molecule has 1 atom stereocenters.